The fourth-order valence-electron chi connectivity index (χ4n) is 2.35. The highest BCUT2D eigenvalue weighted by Crippen LogP contribution is 2.36. The zero-order valence-electron chi connectivity index (χ0n) is 14.1. The van der Waals surface area contributed by atoms with Crippen LogP contribution in [0.1, 0.15) is 21.7 Å². The number of aryl methyl sites for hydroxylation is 2. The molecule has 0 saturated carbocycles. The number of anilines is 1. The van der Waals surface area contributed by atoms with Crippen LogP contribution in [-0.4, -0.2) is 38.3 Å². The summed E-state index contributed by atoms with van der Waals surface area (Å²) in [5.74, 6) is -0.960. The van der Waals surface area contributed by atoms with Gasteiger partial charge in [-0.2, -0.15) is 0 Å². The first-order chi connectivity index (χ1) is 12.4. The Bertz CT molecular complexity index is 992. The molecule has 3 aromatic heterocycles. The van der Waals surface area contributed by atoms with Crippen molar-refractivity contribution < 1.29 is 19.0 Å². The van der Waals surface area contributed by atoms with Gasteiger partial charge in [0, 0.05) is 17.5 Å². The maximum Gasteiger partial charge on any atom is 0.293 e. The molecule has 134 valence electrons. The Morgan fingerprint density at radius 2 is 2.04 bits per heavy atom. The fourth-order valence-corrected chi connectivity index (χ4v) is 2.83. The third-order valence-corrected chi connectivity index (χ3v) is 4.21. The molecule has 0 aliphatic carbocycles. The molecule has 1 amide bonds. The Kier molecular flexibility index (Phi) is 4.76. The van der Waals surface area contributed by atoms with Crippen molar-refractivity contribution in [3.8, 4) is 22.1 Å². The second kappa shape index (κ2) is 7.00. The number of methoxy groups -OCH3 is 1. The van der Waals surface area contributed by atoms with Gasteiger partial charge in [-0.3, -0.25) is 20.1 Å². The Morgan fingerprint density at radius 3 is 2.69 bits per heavy atom. The van der Waals surface area contributed by atoms with Gasteiger partial charge < -0.3 is 9.84 Å². The number of nitrogens with one attached hydrogen (secondary N) is 1. The second-order valence-electron chi connectivity index (χ2n) is 5.32. The van der Waals surface area contributed by atoms with Crippen LogP contribution in [0, 0.1) is 19.7 Å². The molecule has 0 aliphatic heterocycles. The van der Waals surface area contributed by atoms with Gasteiger partial charge in [0.1, 0.15) is 5.75 Å². The molecule has 0 unspecified atom stereocenters. The van der Waals surface area contributed by atoms with E-state index in [1.165, 1.54) is 26.4 Å². The standard InChI is InChI=1S/C16H14FN5O3S/c1-7-4-9(12-11(25-3)6-19-8(2)13(12)17)10(5-18-7)14(23)20-15-21-22-16(24)26-15/h4-6H,1-3H3,(H,22,24)(H,20,21,23). The Labute approximate surface area is 151 Å². The van der Waals surface area contributed by atoms with E-state index < -0.39 is 11.7 Å². The number of nitrogens with zero attached hydrogens (tertiary/aromatic N) is 4. The number of carbonyl (C=O) groups is 1. The SMILES string of the molecule is COc1cnc(C)c(F)c1-c1cc(C)ncc1C(=O)Nc1nnc(O)s1. The van der Waals surface area contributed by atoms with E-state index in [1.807, 2.05) is 0 Å². The van der Waals surface area contributed by atoms with Crippen LogP contribution in [0.2, 0.25) is 0 Å². The highest BCUT2D eigenvalue weighted by Gasteiger charge is 2.22. The predicted octanol–water partition coefficient (Wildman–Crippen LogP) is 2.72. The number of aromatic nitrogens is 4. The number of pyridine rings is 2. The summed E-state index contributed by atoms with van der Waals surface area (Å²) < 4.78 is 20.0. The molecular formula is C16H14FN5O3S. The van der Waals surface area contributed by atoms with Gasteiger partial charge in [-0.05, 0) is 31.3 Å². The zero-order chi connectivity index (χ0) is 18.8. The van der Waals surface area contributed by atoms with Crippen molar-refractivity contribution in [2.24, 2.45) is 0 Å². The van der Waals surface area contributed by atoms with E-state index in [1.54, 1.807) is 13.0 Å². The first-order valence-electron chi connectivity index (χ1n) is 7.40. The number of amides is 1. The van der Waals surface area contributed by atoms with Crippen LogP contribution < -0.4 is 10.1 Å². The van der Waals surface area contributed by atoms with Crippen molar-refractivity contribution >= 4 is 22.4 Å². The summed E-state index contributed by atoms with van der Waals surface area (Å²) in [6.07, 6.45) is 2.74. The van der Waals surface area contributed by atoms with Gasteiger partial charge in [0.15, 0.2) is 5.82 Å². The van der Waals surface area contributed by atoms with E-state index >= 15 is 0 Å². The minimum Gasteiger partial charge on any atom is -0.494 e. The summed E-state index contributed by atoms with van der Waals surface area (Å²) in [5, 5.41) is 18.6. The number of halogens is 1. The number of hydrogen-bond donors (Lipinski definition) is 2. The Balaban J connectivity index is 2.13. The molecule has 0 bridgehead atoms. The molecule has 3 rings (SSSR count). The molecule has 3 aromatic rings. The van der Waals surface area contributed by atoms with Gasteiger partial charge in [0.05, 0.1) is 30.1 Å². The van der Waals surface area contributed by atoms with Gasteiger partial charge in [-0.25, -0.2) is 4.39 Å². The summed E-state index contributed by atoms with van der Waals surface area (Å²) in [5.41, 5.74) is 1.32. The summed E-state index contributed by atoms with van der Waals surface area (Å²) in [6, 6.07) is 1.59. The highest BCUT2D eigenvalue weighted by atomic mass is 32.1. The van der Waals surface area contributed by atoms with E-state index in [0.717, 1.165) is 11.3 Å². The van der Waals surface area contributed by atoms with Crippen molar-refractivity contribution in [3.05, 3.63) is 41.2 Å². The third-order valence-electron chi connectivity index (χ3n) is 3.57. The number of hydrogen-bond acceptors (Lipinski definition) is 8. The van der Waals surface area contributed by atoms with E-state index in [9.17, 15) is 14.3 Å². The fraction of sp³-hybridized carbons (Fsp3) is 0.188. The van der Waals surface area contributed by atoms with Crippen LogP contribution in [-0.2, 0) is 0 Å². The molecular weight excluding hydrogens is 361 g/mol. The number of rotatable bonds is 4. The summed E-state index contributed by atoms with van der Waals surface area (Å²) in [4.78, 5) is 20.7. The normalized spacial score (nSPS) is 10.6. The van der Waals surface area contributed by atoms with Crippen LogP contribution >= 0.6 is 11.3 Å². The van der Waals surface area contributed by atoms with E-state index in [-0.39, 0.29) is 32.9 Å². The van der Waals surface area contributed by atoms with E-state index in [2.05, 4.69) is 25.5 Å². The minimum absolute atomic E-state index is 0.109. The van der Waals surface area contributed by atoms with Crippen LogP contribution in [0.3, 0.4) is 0 Å². The van der Waals surface area contributed by atoms with E-state index in [4.69, 9.17) is 4.74 Å². The molecule has 3 heterocycles. The van der Waals surface area contributed by atoms with Crippen molar-refractivity contribution in [2.75, 3.05) is 12.4 Å². The van der Waals surface area contributed by atoms with Gasteiger partial charge in [-0.15, -0.1) is 5.10 Å². The van der Waals surface area contributed by atoms with E-state index in [0.29, 0.717) is 11.3 Å². The molecule has 0 aromatic carbocycles. The summed E-state index contributed by atoms with van der Waals surface area (Å²) in [6.45, 7) is 3.25. The molecule has 8 nitrogen and oxygen atoms in total. The number of carbonyl (C=O) groups excluding carboxylic acids is 1. The topological polar surface area (TPSA) is 110 Å². The Hall–Kier alpha value is -3.14. The lowest BCUT2D eigenvalue weighted by Crippen LogP contribution is -2.14. The highest BCUT2D eigenvalue weighted by molar-refractivity contribution is 7.17. The Morgan fingerprint density at radius 1 is 1.27 bits per heavy atom. The molecule has 2 N–H and O–H groups in total. The average molecular weight is 375 g/mol. The van der Waals surface area contributed by atoms with Crippen molar-refractivity contribution in [1.29, 1.82) is 0 Å². The maximum absolute atomic E-state index is 14.8. The molecule has 26 heavy (non-hydrogen) atoms. The van der Waals surface area contributed by atoms with Crippen molar-refractivity contribution in [2.45, 2.75) is 13.8 Å². The van der Waals surface area contributed by atoms with Crippen molar-refractivity contribution in [3.63, 3.8) is 0 Å². The quantitative estimate of drug-likeness (QED) is 0.721. The lowest BCUT2D eigenvalue weighted by atomic mass is 9.99. The number of aromatic hydroxyl groups is 1. The molecule has 0 spiro atoms. The zero-order valence-corrected chi connectivity index (χ0v) is 14.9. The monoisotopic (exact) mass is 375 g/mol. The van der Waals surface area contributed by atoms with Crippen LogP contribution in [0.25, 0.3) is 11.1 Å². The number of ether oxygens (including phenoxy) is 1. The maximum atomic E-state index is 14.8. The van der Waals surface area contributed by atoms with Crippen LogP contribution in [0.15, 0.2) is 18.5 Å². The molecule has 0 atom stereocenters. The van der Waals surface area contributed by atoms with Crippen LogP contribution in [0.4, 0.5) is 9.52 Å². The lowest BCUT2D eigenvalue weighted by Gasteiger charge is -2.14. The molecule has 0 aliphatic rings. The predicted molar refractivity (Wildman–Crippen MR) is 93.0 cm³/mol. The largest absolute Gasteiger partial charge is 0.494 e. The van der Waals surface area contributed by atoms with Crippen molar-refractivity contribution in [1.82, 2.24) is 20.2 Å². The van der Waals surface area contributed by atoms with Gasteiger partial charge in [-0.1, -0.05) is 5.10 Å². The molecule has 0 fully saturated rings. The first kappa shape index (κ1) is 17.7. The average Bonchev–Trinajstić information content (AvgIpc) is 3.01. The van der Waals surface area contributed by atoms with Gasteiger partial charge in [0.25, 0.3) is 11.1 Å². The first-order valence-corrected chi connectivity index (χ1v) is 8.22. The molecule has 0 saturated heterocycles. The molecule has 0 radical (unpaired) electrons. The molecule has 10 heteroatoms. The van der Waals surface area contributed by atoms with Crippen LogP contribution in [0.5, 0.6) is 10.9 Å². The van der Waals surface area contributed by atoms with Gasteiger partial charge in [0.2, 0.25) is 5.13 Å². The minimum atomic E-state index is -0.586. The lowest BCUT2D eigenvalue weighted by molar-refractivity contribution is 0.102. The second-order valence-corrected chi connectivity index (χ2v) is 6.27. The van der Waals surface area contributed by atoms with Gasteiger partial charge >= 0.3 is 0 Å². The summed E-state index contributed by atoms with van der Waals surface area (Å²) >= 11 is 0.801. The third kappa shape index (κ3) is 3.31. The smallest absolute Gasteiger partial charge is 0.293 e. The summed E-state index contributed by atoms with van der Waals surface area (Å²) in [7, 11) is 1.40.